The molecule has 10 heteroatoms. The Balaban J connectivity index is 1.44. The van der Waals surface area contributed by atoms with Crippen molar-refractivity contribution in [2.75, 3.05) is 31.6 Å². The van der Waals surface area contributed by atoms with E-state index in [-0.39, 0.29) is 24.5 Å². The van der Waals surface area contributed by atoms with Gasteiger partial charge >= 0.3 is 0 Å². The molecular formula is C20H21FN4O4S. The maximum atomic E-state index is 14.3. The van der Waals surface area contributed by atoms with Crippen LogP contribution in [0.3, 0.4) is 0 Å². The molecule has 0 amide bonds. The maximum Gasteiger partial charge on any atom is 0.246 e. The van der Waals surface area contributed by atoms with Crippen molar-refractivity contribution in [2.24, 2.45) is 0 Å². The van der Waals surface area contributed by atoms with Crippen molar-refractivity contribution >= 4 is 15.7 Å². The van der Waals surface area contributed by atoms with Gasteiger partial charge in [0.1, 0.15) is 10.7 Å². The standard InChI is InChI=1S/C20H21FN4O4S/c21-17-7-6-16(13-18(17)30(26,27)25-8-10-28-11-9-25)22-14-20-23-19(24-29-20)12-15-4-2-1-3-5-15/h1-7,13,22H,8-12,14H2. The second-order valence-corrected chi connectivity index (χ2v) is 8.69. The number of nitrogens with one attached hydrogen (secondary N) is 1. The highest BCUT2D eigenvalue weighted by molar-refractivity contribution is 7.89. The summed E-state index contributed by atoms with van der Waals surface area (Å²) in [6.45, 7) is 1.17. The van der Waals surface area contributed by atoms with E-state index in [1.54, 1.807) is 0 Å². The zero-order valence-corrected chi connectivity index (χ0v) is 16.9. The van der Waals surface area contributed by atoms with Gasteiger partial charge in [-0.1, -0.05) is 35.5 Å². The number of morpholine rings is 1. The minimum absolute atomic E-state index is 0.185. The van der Waals surface area contributed by atoms with Gasteiger partial charge in [-0.2, -0.15) is 9.29 Å². The fourth-order valence-corrected chi connectivity index (χ4v) is 4.63. The van der Waals surface area contributed by atoms with E-state index in [9.17, 15) is 12.8 Å². The fourth-order valence-electron chi connectivity index (χ4n) is 3.13. The van der Waals surface area contributed by atoms with Gasteiger partial charge in [-0.3, -0.25) is 0 Å². The number of anilines is 1. The smallest absolute Gasteiger partial charge is 0.246 e. The van der Waals surface area contributed by atoms with Crippen molar-refractivity contribution in [2.45, 2.75) is 17.9 Å². The molecule has 0 aliphatic carbocycles. The van der Waals surface area contributed by atoms with Crippen molar-refractivity contribution in [1.29, 1.82) is 0 Å². The minimum Gasteiger partial charge on any atom is -0.379 e. The zero-order chi connectivity index (χ0) is 21.0. The quantitative estimate of drug-likeness (QED) is 0.612. The molecule has 1 aliphatic heterocycles. The first kappa shape index (κ1) is 20.5. The van der Waals surface area contributed by atoms with Crippen LogP contribution in [0.4, 0.5) is 10.1 Å². The molecule has 158 valence electrons. The Labute approximate surface area is 173 Å². The highest BCUT2D eigenvalue weighted by atomic mass is 32.2. The van der Waals surface area contributed by atoms with Crippen molar-refractivity contribution in [1.82, 2.24) is 14.4 Å². The molecule has 0 unspecified atom stereocenters. The Kier molecular flexibility index (Phi) is 6.07. The van der Waals surface area contributed by atoms with Crippen LogP contribution in [0, 0.1) is 5.82 Å². The molecular weight excluding hydrogens is 411 g/mol. The van der Waals surface area contributed by atoms with Crippen LogP contribution in [-0.2, 0) is 27.7 Å². The number of rotatable bonds is 7. The number of ether oxygens (including phenoxy) is 1. The highest BCUT2D eigenvalue weighted by Crippen LogP contribution is 2.24. The van der Waals surface area contributed by atoms with Crippen molar-refractivity contribution < 1.29 is 22.1 Å². The zero-order valence-electron chi connectivity index (χ0n) is 16.1. The summed E-state index contributed by atoms with van der Waals surface area (Å²) in [4.78, 5) is 3.96. The number of hydrogen-bond donors (Lipinski definition) is 1. The van der Waals surface area contributed by atoms with Crippen LogP contribution in [0.5, 0.6) is 0 Å². The summed E-state index contributed by atoms with van der Waals surface area (Å²) in [5, 5.41) is 6.97. The second kappa shape index (κ2) is 8.90. The summed E-state index contributed by atoms with van der Waals surface area (Å²) in [5.74, 6) is 0.102. The van der Waals surface area contributed by atoms with Crippen LogP contribution in [0.2, 0.25) is 0 Å². The summed E-state index contributed by atoms with van der Waals surface area (Å²) in [6, 6.07) is 13.6. The normalized spacial score (nSPS) is 15.2. The van der Waals surface area contributed by atoms with Crippen LogP contribution in [-0.4, -0.2) is 49.2 Å². The molecule has 0 saturated carbocycles. The Morgan fingerprint density at radius 3 is 2.63 bits per heavy atom. The van der Waals surface area contributed by atoms with Gasteiger partial charge < -0.3 is 14.6 Å². The summed E-state index contributed by atoms with van der Waals surface area (Å²) in [5.41, 5.74) is 1.50. The Hall–Kier alpha value is -2.82. The minimum atomic E-state index is -3.94. The van der Waals surface area contributed by atoms with E-state index in [0.29, 0.717) is 37.0 Å². The second-order valence-electron chi connectivity index (χ2n) is 6.78. The predicted molar refractivity (Wildman–Crippen MR) is 107 cm³/mol. The number of benzene rings is 2. The number of hydrogen-bond acceptors (Lipinski definition) is 7. The Morgan fingerprint density at radius 1 is 1.10 bits per heavy atom. The van der Waals surface area contributed by atoms with E-state index < -0.39 is 15.8 Å². The lowest BCUT2D eigenvalue weighted by molar-refractivity contribution is 0.0729. The number of aromatic nitrogens is 2. The maximum absolute atomic E-state index is 14.3. The molecule has 0 spiro atoms. The van der Waals surface area contributed by atoms with Gasteiger partial charge in [0, 0.05) is 25.2 Å². The summed E-state index contributed by atoms with van der Waals surface area (Å²) < 4.78 is 51.5. The highest BCUT2D eigenvalue weighted by Gasteiger charge is 2.29. The molecule has 4 rings (SSSR count). The first-order valence-corrected chi connectivity index (χ1v) is 10.9. The molecule has 1 N–H and O–H groups in total. The summed E-state index contributed by atoms with van der Waals surface area (Å²) in [6.07, 6.45) is 0.544. The van der Waals surface area contributed by atoms with E-state index >= 15 is 0 Å². The van der Waals surface area contributed by atoms with Gasteiger partial charge in [0.2, 0.25) is 15.9 Å². The van der Waals surface area contributed by atoms with Gasteiger partial charge in [0.15, 0.2) is 5.82 Å². The lowest BCUT2D eigenvalue weighted by atomic mass is 10.1. The van der Waals surface area contributed by atoms with Crippen molar-refractivity contribution in [3.8, 4) is 0 Å². The molecule has 8 nitrogen and oxygen atoms in total. The molecule has 1 fully saturated rings. The van der Waals surface area contributed by atoms with Crippen LogP contribution < -0.4 is 5.32 Å². The Bertz CT molecular complexity index is 1100. The molecule has 1 aromatic heterocycles. The van der Waals surface area contributed by atoms with Crippen LogP contribution in [0.1, 0.15) is 17.3 Å². The monoisotopic (exact) mass is 432 g/mol. The van der Waals surface area contributed by atoms with E-state index in [2.05, 4.69) is 15.5 Å². The molecule has 1 aliphatic rings. The van der Waals surface area contributed by atoms with Gasteiger partial charge in [0.05, 0.1) is 19.8 Å². The average molecular weight is 432 g/mol. The summed E-state index contributed by atoms with van der Waals surface area (Å²) in [7, 11) is -3.94. The van der Waals surface area contributed by atoms with E-state index in [4.69, 9.17) is 9.26 Å². The third-order valence-corrected chi connectivity index (χ3v) is 6.59. The largest absolute Gasteiger partial charge is 0.379 e. The lowest BCUT2D eigenvalue weighted by Gasteiger charge is -2.26. The number of halogens is 1. The van der Waals surface area contributed by atoms with Gasteiger partial charge in [-0.25, -0.2) is 12.8 Å². The lowest BCUT2D eigenvalue weighted by Crippen LogP contribution is -2.40. The number of nitrogens with zero attached hydrogens (tertiary/aromatic N) is 3. The van der Waals surface area contributed by atoms with E-state index in [1.807, 2.05) is 30.3 Å². The van der Waals surface area contributed by atoms with Crippen molar-refractivity contribution in [3.05, 3.63) is 71.6 Å². The molecule has 0 atom stereocenters. The molecule has 0 radical (unpaired) electrons. The summed E-state index contributed by atoms with van der Waals surface area (Å²) >= 11 is 0. The van der Waals surface area contributed by atoms with Gasteiger partial charge in [-0.05, 0) is 23.8 Å². The van der Waals surface area contributed by atoms with Crippen LogP contribution in [0.15, 0.2) is 57.9 Å². The first-order valence-electron chi connectivity index (χ1n) is 9.49. The molecule has 2 heterocycles. The van der Waals surface area contributed by atoms with Gasteiger partial charge in [-0.15, -0.1) is 0 Å². The molecule has 30 heavy (non-hydrogen) atoms. The van der Waals surface area contributed by atoms with Crippen molar-refractivity contribution in [3.63, 3.8) is 0 Å². The fraction of sp³-hybridized carbons (Fsp3) is 0.300. The first-order chi connectivity index (χ1) is 14.5. The molecule has 1 saturated heterocycles. The molecule has 3 aromatic rings. The SMILES string of the molecule is O=S(=O)(c1cc(NCc2nc(Cc3ccccc3)no2)ccc1F)N1CCOCC1. The average Bonchev–Trinajstić information content (AvgIpc) is 3.21. The van der Waals surface area contributed by atoms with Crippen LogP contribution in [0.25, 0.3) is 0 Å². The predicted octanol–water partition coefficient (Wildman–Crippen LogP) is 2.43. The van der Waals surface area contributed by atoms with E-state index in [0.717, 1.165) is 11.6 Å². The molecule has 2 aromatic carbocycles. The Morgan fingerprint density at radius 2 is 1.87 bits per heavy atom. The molecule has 0 bridgehead atoms. The number of sulfonamides is 1. The van der Waals surface area contributed by atoms with E-state index in [1.165, 1.54) is 16.4 Å². The topological polar surface area (TPSA) is 97.6 Å². The van der Waals surface area contributed by atoms with Gasteiger partial charge in [0.25, 0.3) is 0 Å². The third-order valence-electron chi connectivity index (χ3n) is 4.68. The third kappa shape index (κ3) is 4.66. The van der Waals surface area contributed by atoms with Crippen LogP contribution >= 0.6 is 0 Å².